The van der Waals surface area contributed by atoms with E-state index < -0.39 is 6.03 Å². The molecule has 2 N–H and O–H groups in total. The summed E-state index contributed by atoms with van der Waals surface area (Å²) in [6.07, 6.45) is 1.04. The zero-order valence-electron chi connectivity index (χ0n) is 15.6. The Bertz CT molecular complexity index is 930. The Labute approximate surface area is 172 Å². The van der Waals surface area contributed by atoms with Gasteiger partial charge >= 0.3 is 6.03 Å². The van der Waals surface area contributed by atoms with Gasteiger partial charge in [0.15, 0.2) is 5.01 Å². The van der Waals surface area contributed by atoms with Crippen LogP contribution in [0.1, 0.15) is 36.8 Å². The molecule has 0 fully saturated rings. The first-order chi connectivity index (χ1) is 13.5. The van der Waals surface area contributed by atoms with Crippen LogP contribution in [0, 0.1) is 0 Å². The molecule has 2 aromatic carbocycles. The molecule has 0 saturated carbocycles. The molecule has 3 rings (SSSR count). The van der Waals surface area contributed by atoms with Crippen molar-refractivity contribution in [3.05, 3.63) is 64.1 Å². The Morgan fingerprint density at radius 2 is 1.89 bits per heavy atom. The second kappa shape index (κ2) is 9.52. The topological polar surface area (TPSA) is 76.1 Å². The molecule has 0 aliphatic rings. The van der Waals surface area contributed by atoms with Gasteiger partial charge in [-0.1, -0.05) is 55.0 Å². The average Bonchev–Trinajstić information content (AvgIpc) is 3.15. The zero-order valence-corrected chi connectivity index (χ0v) is 17.2. The number of hydrogen-bond donors (Lipinski definition) is 2. The number of urea groups is 1. The molecule has 0 bridgehead atoms. The Morgan fingerprint density at radius 1 is 1.14 bits per heavy atom. The number of rotatable bonds is 7. The highest BCUT2D eigenvalue weighted by Gasteiger charge is 2.12. The zero-order chi connectivity index (χ0) is 19.9. The van der Waals surface area contributed by atoms with Crippen LogP contribution in [0.3, 0.4) is 0 Å². The Hall–Kier alpha value is -2.64. The summed E-state index contributed by atoms with van der Waals surface area (Å²) in [6, 6.07) is 14.5. The van der Waals surface area contributed by atoms with E-state index in [1.807, 2.05) is 18.2 Å². The molecule has 1 heterocycles. The standard InChI is InChI=1S/C20H21ClN4O2S/c1-3-13(2)16-6-4-5-7-17(16)27-12-18-24-25-20(28-18)23-19(26)22-15-10-8-14(21)9-11-15/h4-11,13H,3,12H2,1-2H3,(H2,22,23,25,26)/t13-/m0/s1. The third kappa shape index (κ3) is 5.43. The molecule has 0 unspecified atom stereocenters. The van der Waals surface area contributed by atoms with Gasteiger partial charge in [0.2, 0.25) is 5.13 Å². The van der Waals surface area contributed by atoms with Gasteiger partial charge in [0.1, 0.15) is 12.4 Å². The molecular weight excluding hydrogens is 396 g/mol. The molecule has 0 saturated heterocycles. The summed E-state index contributed by atoms with van der Waals surface area (Å²) in [5.74, 6) is 1.27. The summed E-state index contributed by atoms with van der Waals surface area (Å²) in [6.45, 7) is 4.62. The molecule has 8 heteroatoms. The number of nitrogens with zero attached hydrogens (tertiary/aromatic N) is 2. The Balaban J connectivity index is 1.56. The van der Waals surface area contributed by atoms with E-state index in [0.717, 1.165) is 12.2 Å². The molecular formula is C20H21ClN4O2S. The molecule has 146 valence electrons. The van der Waals surface area contributed by atoms with Crippen LogP contribution in [-0.4, -0.2) is 16.2 Å². The first-order valence-electron chi connectivity index (χ1n) is 8.93. The number of carbonyl (C=O) groups is 1. The average molecular weight is 417 g/mol. The number of para-hydroxylation sites is 1. The van der Waals surface area contributed by atoms with E-state index in [4.69, 9.17) is 16.3 Å². The van der Waals surface area contributed by atoms with E-state index in [1.54, 1.807) is 24.3 Å². The molecule has 0 aliphatic heterocycles. The summed E-state index contributed by atoms with van der Waals surface area (Å²) >= 11 is 7.11. The quantitative estimate of drug-likeness (QED) is 0.500. The monoisotopic (exact) mass is 416 g/mol. The van der Waals surface area contributed by atoms with Gasteiger partial charge in [-0.25, -0.2) is 4.79 Å². The van der Waals surface area contributed by atoms with Crippen molar-refractivity contribution >= 4 is 39.8 Å². The van der Waals surface area contributed by atoms with Gasteiger partial charge in [0.05, 0.1) is 0 Å². The molecule has 6 nitrogen and oxygen atoms in total. The van der Waals surface area contributed by atoms with Gasteiger partial charge in [-0.2, -0.15) is 0 Å². The number of anilines is 2. The minimum absolute atomic E-state index is 0.297. The highest BCUT2D eigenvalue weighted by molar-refractivity contribution is 7.15. The predicted molar refractivity (Wildman–Crippen MR) is 113 cm³/mol. The van der Waals surface area contributed by atoms with Gasteiger partial charge in [0.25, 0.3) is 0 Å². The number of amides is 2. The van der Waals surface area contributed by atoms with Crippen molar-refractivity contribution in [2.75, 3.05) is 10.6 Å². The van der Waals surface area contributed by atoms with E-state index in [0.29, 0.717) is 33.4 Å². The Kier molecular flexibility index (Phi) is 6.84. The highest BCUT2D eigenvalue weighted by Crippen LogP contribution is 2.29. The number of halogens is 1. The fourth-order valence-electron chi connectivity index (χ4n) is 2.53. The number of benzene rings is 2. The lowest BCUT2D eigenvalue weighted by atomic mass is 9.98. The second-order valence-electron chi connectivity index (χ2n) is 6.22. The molecule has 2 amide bonds. The normalized spacial score (nSPS) is 11.7. The lowest BCUT2D eigenvalue weighted by Crippen LogP contribution is -2.19. The van der Waals surface area contributed by atoms with Gasteiger partial charge in [-0.3, -0.25) is 5.32 Å². The van der Waals surface area contributed by atoms with Gasteiger partial charge in [-0.05, 0) is 48.2 Å². The van der Waals surface area contributed by atoms with Crippen molar-refractivity contribution in [1.82, 2.24) is 10.2 Å². The van der Waals surface area contributed by atoms with Crippen molar-refractivity contribution < 1.29 is 9.53 Å². The van der Waals surface area contributed by atoms with Crippen molar-refractivity contribution in [3.8, 4) is 5.75 Å². The third-order valence-electron chi connectivity index (χ3n) is 4.20. The van der Waals surface area contributed by atoms with Crippen LogP contribution in [0.25, 0.3) is 0 Å². The molecule has 0 radical (unpaired) electrons. The summed E-state index contributed by atoms with van der Waals surface area (Å²) in [5, 5.41) is 15.1. The van der Waals surface area contributed by atoms with Crippen molar-refractivity contribution in [1.29, 1.82) is 0 Å². The fraction of sp³-hybridized carbons (Fsp3) is 0.250. The van der Waals surface area contributed by atoms with Crippen LogP contribution in [0.4, 0.5) is 15.6 Å². The van der Waals surface area contributed by atoms with Crippen LogP contribution in [0.5, 0.6) is 5.75 Å². The smallest absolute Gasteiger partial charge is 0.325 e. The van der Waals surface area contributed by atoms with Gasteiger partial charge in [-0.15, -0.1) is 10.2 Å². The fourth-order valence-corrected chi connectivity index (χ4v) is 3.31. The molecule has 28 heavy (non-hydrogen) atoms. The maximum absolute atomic E-state index is 12.1. The number of aromatic nitrogens is 2. The lowest BCUT2D eigenvalue weighted by molar-refractivity contribution is 0.262. The molecule has 1 atom stereocenters. The maximum atomic E-state index is 12.1. The van der Waals surface area contributed by atoms with Crippen LogP contribution in [-0.2, 0) is 6.61 Å². The van der Waals surface area contributed by atoms with Crippen molar-refractivity contribution in [2.24, 2.45) is 0 Å². The number of ether oxygens (including phenoxy) is 1. The molecule has 3 aromatic rings. The van der Waals surface area contributed by atoms with E-state index in [1.165, 1.54) is 16.9 Å². The SMILES string of the molecule is CC[C@H](C)c1ccccc1OCc1nnc(NC(=O)Nc2ccc(Cl)cc2)s1. The maximum Gasteiger partial charge on any atom is 0.325 e. The summed E-state index contributed by atoms with van der Waals surface area (Å²) in [7, 11) is 0. The van der Waals surface area contributed by atoms with Crippen LogP contribution in [0.2, 0.25) is 5.02 Å². The van der Waals surface area contributed by atoms with Crippen LogP contribution >= 0.6 is 22.9 Å². The number of nitrogens with one attached hydrogen (secondary N) is 2. The van der Waals surface area contributed by atoms with E-state index >= 15 is 0 Å². The van der Waals surface area contributed by atoms with E-state index in [2.05, 4.69) is 40.7 Å². The number of hydrogen-bond acceptors (Lipinski definition) is 5. The number of carbonyl (C=O) groups excluding carboxylic acids is 1. The first kappa shape index (κ1) is 20.1. The summed E-state index contributed by atoms with van der Waals surface area (Å²) in [5.41, 5.74) is 1.81. The van der Waals surface area contributed by atoms with E-state index in [9.17, 15) is 4.79 Å². The molecule has 1 aromatic heterocycles. The third-order valence-corrected chi connectivity index (χ3v) is 5.27. The highest BCUT2D eigenvalue weighted by atomic mass is 35.5. The van der Waals surface area contributed by atoms with Crippen LogP contribution < -0.4 is 15.4 Å². The predicted octanol–water partition coefficient (Wildman–Crippen LogP) is 5.93. The lowest BCUT2D eigenvalue weighted by Gasteiger charge is -2.14. The molecule has 0 spiro atoms. The Morgan fingerprint density at radius 3 is 2.64 bits per heavy atom. The first-order valence-corrected chi connectivity index (χ1v) is 10.1. The summed E-state index contributed by atoms with van der Waals surface area (Å²) < 4.78 is 5.94. The summed E-state index contributed by atoms with van der Waals surface area (Å²) in [4.78, 5) is 12.1. The van der Waals surface area contributed by atoms with Gasteiger partial charge in [0, 0.05) is 10.7 Å². The van der Waals surface area contributed by atoms with Crippen molar-refractivity contribution in [2.45, 2.75) is 32.8 Å². The second-order valence-corrected chi connectivity index (χ2v) is 7.72. The minimum atomic E-state index is -0.395. The minimum Gasteiger partial charge on any atom is -0.486 e. The largest absolute Gasteiger partial charge is 0.486 e. The van der Waals surface area contributed by atoms with Gasteiger partial charge < -0.3 is 10.1 Å². The van der Waals surface area contributed by atoms with Crippen molar-refractivity contribution in [3.63, 3.8) is 0 Å². The molecule has 0 aliphatic carbocycles. The van der Waals surface area contributed by atoms with E-state index in [-0.39, 0.29) is 0 Å². The van der Waals surface area contributed by atoms with Crippen LogP contribution in [0.15, 0.2) is 48.5 Å².